The monoisotopic (exact) mass is 268 g/mol. The average Bonchev–Trinajstić information content (AvgIpc) is 2.29. The number of rotatable bonds is 1. The molecule has 1 rings (SSSR count). The average molecular weight is 269 g/mol. The molecule has 1 aromatic heterocycles. The zero-order valence-corrected chi connectivity index (χ0v) is 8.55. The van der Waals surface area contributed by atoms with Gasteiger partial charge in [-0.1, -0.05) is 40.0 Å². The largest absolute Gasteiger partial charge is 0.396 e. The zero-order valence-electron chi connectivity index (χ0n) is 6.28. The van der Waals surface area contributed by atoms with Gasteiger partial charge >= 0.3 is 6.18 Å². The minimum atomic E-state index is -4.42. The molecule has 0 saturated heterocycles. The lowest BCUT2D eigenvalue weighted by atomic mass is 10.4. The second-order valence-corrected chi connectivity index (χ2v) is 4.59. The van der Waals surface area contributed by atoms with Crippen LogP contribution in [0.1, 0.15) is 11.7 Å². The Morgan fingerprint density at radius 3 is 2.14 bits per heavy atom. The van der Waals surface area contributed by atoms with Crippen molar-refractivity contribution in [1.82, 2.24) is 10.1 Å². The third kappa shape index (κ3) is 3.51. The van der Waals surface area contributed by atoms with Crippen LogP contribution >= 0.6 is 34.8 Å². The van der Waals surface area contributed by atoms with Crippen LogP contribution in [0.3, 0.4) is 0 Å². The van der Waals surface area contributed by atoms with Gasteiger partial charge in [0.1, 0.15) is 6.42 Å². The highest BCUT2D eigenvalue weighted by atomic mass is 35.6. The second-order valence-electron chi connectivity index (χ2n) is 2.31. The summed E-state index contributed by atoms with van der Waals surface area (Å²) in [6, 6.07) is 0. The molecule has 0 aromatic carbocycles. The minimum Gasteiger partial charge on any atom is -0.335 e. The molecule has 0 aliphatic rings. The number of alkyl halides is 6. The number of hydrogen-bond donors (Lipinski definition) is 0. The van der Waals surface area contributed by atoms with E-state index < -0.39 is 28.1 Å². The van der Waals surface area contributed by atoms with Gasteiger partial charge in [-0.25, -0.2) is 0 Å². The van der Waals surface area contributed by atoms with Crippen LogP contribution in [0.2, 0.25) is 0 Å². The normalized spacial score (nSPS) is 13.3. The van der Waals surface area contributed by atoms with Crippen molar-refractivity contribution in [2.75, 3.05) is 0 Å². The first-order chi connectivity index (χ1) is 6.18. The van der Waals surface area contributed by atoms with Gasteiger partial charge in [-0.05, 0) is 0 Å². The summed E-state index contributed by atoms with van der Waals surface area (Å²) in [6.07, 6.45) is -5.74. The highest BCUT2D eigenvalue weighted by Crippen LogP contribution is 2.37. The molecule has 0 aliphatic heterocycles. The Kier molecular flexibility index (Phi) is 3.18. The van der Waals surface area contributed by atoms with Crippen LogP contribution in [0, 0.1) is 0 Å². The van der Waals surface area contributed by atoms with Gasteiger partial charge < -0.3 is 4.52 Å². The lowest BCUT2D eigenvalue weighted by Gasteiger charge is -2.02. The molecular weight excluding hydrogens is 267 g/mol. The smallest absolute Gasteiger partial charge is 0.335 e. The Labute approximate surface area is 91.1 Å². The van der Waals surface area contributed by atoms with E-state index in [0.717, 1.165) is 0 Å². The fourth-order valence-electron chi connectivity index (χ4n) is 0.620. The summed E-state index contributed by atoms with van der Waals surface area (Å²) in [6.45, 7) is 0. The third-order valence-electron chi connectivity index (χ3n) is 1.07. The van der Waals surface area contributed by atoms with Gasteiger partial charge in [-0.3, -0.25) is 0 Å². The number of nitrogens with zero attached hydrogens (tertiary/aromatic N) is 2. The molecule has 0 N–H and O–H groups in total. The highest BCUT2D eigenvalue weighted by molar-refractivity contribution is 6.66. The van der Waals surface area contributed by atoms with Gasteiger partial charge in [0, 0.05) is 0 Å². The summed E-state index contributed by atoms with van der Waals surface area (Å²) in [5, 5.41) is 3.01. The molecule has 0 aliphatic carbocycles. The van der Waals surface area contributed by atoms with Crippen LogP contribution in [0.4, 0.5) is 13.2 Å². The molecule has 80 valence electrons. The SMILES string of the molecule is FC(F)(F)Cc1noc(C(Cl)(Cl)Cl)n1. The van der Waals surface area contributed by atoms with E-state index >= 15 is 0 Å². The van der Waals surface area contributed by atoms with Gasteiger partial charge in [0.05, 0.1) is 0 Å². The van der Waals surface area contributed by atoms with Crippen LogP contribution in [0.15, 0.2) is 4.52 Å². The first-order valence-corrected chi connectivity index (χ1v) is 4.28. The Balaban J connectivity index is 2.79. The van der Waals surface area contributed by atoms with Gasteiger partial charge in [-0.15, -0.1) is 0 Å². The minimum absolute atomic E-state index is 0.484. The molecule has 0 radical (unpaired) electrons. The van der Waals surface area contributed by atoms with Crippen LogP contribution in [0.25, 0.3) is 0 Å². The lowest BCUT2D eigenvalue weighted by Crippen LogP contribution is -2.13. The molecule has 0 unspecified atom stereocenters. The summed E-state index contributed by atoms with van der Waals surface area (Å²) in [4.78, 5) is 3.27. The maximum atomic E-state index is 11.8. The van der Waals surface area contributed by atoms with E-state index in [1.807, 2.05) is 0 Å². The van der Waals surface area contributed by atoms with E-state index in [-0.39, 0.29) is 0 Å². The summed E-state index contributed by atoms with van der Waals surface area (Å²) in [5.41, 5.74) is 0. The van der Waals surface area contributed by atoms with Crippen LogP contribution < -0.4 is 0 Å². The van der Waals surface area contributed by atoms with Crippen molar-refractivity contribution in [2.45, 2.75) is 16.4 Å². The zero-order chi connectivity index (χ0) is 11.0. The molecule has 14 heavy (non-hydrogen) atoms. The Morgan fingerprint density at radius 2 is 1.79 bits per heavy atom. The highest BCUT2D eigenvalue weighted by Gasteiger charge is 2.34. The van der Waals surface area contributed by atoms with E-state index in [1.165, 1.54) is 0 Å². The van der Waals surface area contributed by atoms with E-state index in [1.54, 1.807) is 0 Å². The van der Waals surface area contributed by atoms with Crippen molar-refractivity contribution in [1.29, 1.82) is 0 Å². The quantitative estimate of drug-likeness (QED) is 0.736. The van der Waals surface area contributed by atoms with Crippen LogP contribution in [-0.4, -0.2) is 16.3 Å². The molecular formula is C5H2Cl3F3N2O. The fraction of sp³-hybridized carbons (Fsp3) is 0.600. The van der Waals surface area contributed by atoms with E-state index in [2.05, 4.69) is 14.7 Å². The fourth-order valence-corrected chi connectivity index (χ4v) is 0.850. The van der Waals surface area contributed by atoms with Crippen molar-refractivity contribution in [3.63, 3.8) is 0 Å². The van der Waals surface area contributed by atoms with Gasteiger partial charge in [-0.2, -0.15) is 18.2 Å². The first-order valence-electron chi connectivity index (χ1n) is 3.15. The summed E-state index contributed by atoms with van der Waals surface area (Å²) < 4.78 is 37.8. The summed E-state index contributed by atoms with van der Waals surface area (Å²) >= 11 is 15.9. The molecule has 1 heterocycles. The Morgan fingerprint density at radius 1 is 1.21 bits per heavy atom. The third-order valence-corrected chi connectivity index (χ3v) is 1.55. The number of aromatic nitrogens is 2. The van der Waals surface area contributed by atoms with Crippen molar-refractivity contribution in [3.8, 4) is 0 Å². The summed E-state index contributed by atoms with van der Waals surface area (Å²) in [5.74, 6) is -1.06. The predicted molar refractivity (Wildman–Crippen MR) is 43.3 cm³/mol. The molecule has 0 spiro atoms. The van der Waals surface area contributed by atoms with Crippen molar-refractivity contribution in [2.24, 2.45) is 0 Å². The topological polar surface area (TPSA) is 38.9 Å². The molecule has 0 fully saturated rings. The number of halogens is 6. The molecule has 0 atom stereocenters. The van der Waals surface area contributed by atoms with E-state index in [4.69, 9.17) is 34.8 Å². The Hall–Kier alpha value is -0.200. The molecule has 3 nitrogen and oxygen atoms in total. The standard InChI is InChI=1S/C5H2Cl3F3N2O/c6-5(7,8)3-12-2(13-14-3)1-4(9,10)11/h1H2. The maximum absolute atomic E-state index is 11.8. The Bertz CT molecular complexity index is 319. The summed E-state index contributed by atoms with van der Waals surface area (Å²) in [7, 11) is 0. The van der Waals surface area contributed by atoms with Crippen molar-refractivity contribution in [3.05, 3.63) is 11.7 Å². The predicted octanol–water partition coefficient (Wildman–Crippen LogP) is 3.00. The number of hydrogen-bond acceptors (Lipinski definition) is 3. The van der Waals surface area contributed by atoms with Crippen LogP contribution in [0.5, 0.6) is 0 Å². The van der Waals surface area contributed by atoms with E-state index in [0.29, 0.717) is 0 Å². The molecule has 1 aromatic rings. The maximum Gasteiger partial charge on any atom is 0.396 e. The second kappa shape index (κ2) is 3.75. The van der Waals surface area contributed by atoms with Crippen molar-refractivity contribution >= 4 is 34.8 Å². The van der Waals surface area contributed by atoms with Crippen molar-refractivity contribution < 1.29 is 17.7 Å². The molecule has 0 amide bonds. The van der Waals surface area contributed by atoms with Gasteiger partial charge in [0.25, 0.3) is 9.68 Å². The lowest BCUT2D eigenvalue weighted by molar-refractivity contribution is -0.128. The molecule has 9 heteroatoms. The van der Waals surface area contributed by atoms with Crippen LogP contribution in [-0.2, 0) is 10.2 Å². The van der Waals surface area contributed by atoms with Gasteiger partial charge in [0.2, 0.25) is 0 Å². The molecule has 0 bridgehead atoms. The van der Waals surface area contributed by atoms with Gasteiger partial charge in [0.15, 0.2) is 5.82 Å². The first kappa shape index (κ1) is 11.9. The molecule has 0 saturated carbocycles. The van der Waals surface area contributed by atoms with E-state index in [9.17, 15) is 13.2 Å².